The van der Waals surface area contributed by atoms with Gasteiger partial charge in [-0.1, -0.05) is 36.7 Å². The van der Waals surface area contributed by atoms with Crippen LogP contribution in [0.25, 0.3) is 0 Å². The summed E-state index contributed by atoms with van der Waals surface area (Å²) < 4.78 is 0. The number of nitrogens with one attached hydrogen (secondary N) is 2. The van der Waals surface area contributed by atoms with Crippen LogP contribution in [0.2, 0.25) is 5.02 Å². The van der Waals surface area contributed by atoms with Crippen LogP contribution in [0.4, 0.5) is 17.1 Å². The Labute approximate surface area is 124 Å². The van der Waals surface area contributed by atoms with Crippen LogP contribution in [0.5, 0.6) is 0 Å². The maximum absolute atomic E-state index is 11.5. The highest BCUT2D eigenvalue weighted by atomic mass is 35.5. The molecule has 2 aromatic carbocycles. The molecule has 0 atom stereocenters. The van der Waals surface area contributed by atoms with Crippen molar-refractivity contribution in [2.75, 3.05) is 10.6 Å². The van der Waals surface area contributed by atoms with E-state index in [0.717, 1.165) is 22.6 Å². The molecule has 3 nitrogen and oxygen atoms in total. The average Bonchev–Trinajstić information content (AvgIpc) is 2.45. The summed E-state index contributed by atoms with van der Waals surface area (Å²) in [5, 5.41) is 6.91. The van der Waals surface area contributed by atoms with Crippen LogP contribution in [0.3, 0.4) is 0 Å². The van der Waals surface area contributed by atoms with Gasteiger partial charge >= 0.3 is 0 Å². The lowest BCUT2D eigenvalue weighted by Crippen LogP contribution is -2.11. The highest BCUT2D eigenvalue weighted by Gasteiger charge is 2.07. The number of hydrogen-bond acceptors (Lipinski definition) is 2. The Morgan fingerprint density at radius 1 is 1.05 bits per heavy atom. The lowest BCUT2D eigenvalue weighted by molar-refractivity contribution is -0.115. The van der Waals surface area contributed by atoms with Crippen molar-refractivity contribution in [3.8, 4) is 0 Å². The van der Waals surface area contributed by atoms with Gasteiger partial charge in [0.2, 0.25) is 5.91 Å². The maximum Gasteiger partial charge on any atom is 0.224 e. The van der Waals surface area contributed by atoms with E-state index in [2.05, 4.69) is 10.6 Å². The Morgan fingerprint density at radius 3 is 2.40 bits per heavy atom. The van der Waals surface area contributed by atoms with E-state index in [4.69, 9.17) is 11.6 Å². The van der Waals surface area contributed by atoms with Gasteiger partial charge in [-0.05, 0) is 36.8 Å². The fourth-order valence-corrected chi connectivity index (χ4v) is 2.00. The van der Waals surface area contributed by atoms with Crippen molar-refractivity contribution in [2.24, 2.45) is 0 Å². The van der Waals surface area contributed by atoms with E-state index in [1.807, 2.05) is 56.3 Å². The molecule has 0 heterocycles. The molecule has 104 valence electrons. The molecule has 0 fully saturated rings. The van der Waals surface area contributed by atoms with Crippen molar-refractivity contribution in [2.45, 2.75) is 20.3 Å². The second kappa shape index (κ2) is 6.44. The number of benzene rings is 2. The third-order valence-corrected chi connectivity index (χ3v) is 3.47. The fraction of sp³-hybridized carbons (Fsp3) is 0.188. The number of anilines is 3. The Hall–Kier alpha value is -2.00. The highest BCUT2D eigenvalue weighted by Crippen LogP contribution is 2.29. The van der Waals surface area contributed by atoms with Gasteiger partial charge < -0.3 is 10.6 Å². The summed E-state index contributed by atoms with van der Waals surface area (Å²) in [6, 6.07) is 13.3. The Morgan fingerprint density at radius 2 is 1.70 bits per heavy atom. The number of amides is 1. The number of rotatable bonds is 4. The maximum atomic E-state index is 11.5. The van der Waals surface area contributed by atoms with Gasteiger partial charge in [0.1, 0.15) is 0 Å². The van der Waals surface area contributed by atoms with Crippen LogP contribution >= 0.6 is 11.6 Å². The van der Waals surface area contributed by atoms with Gasteiger partial charge in [0.05, 0.1) is 11.4 Å². The zero-order chi connectivity index (χ0) is 14.5. The Bertz CT molecular complexity index is 626. The molecule has 0 saturated heterocycles. The summed E-state index contributed by atoms with van der Waals surface area (Å²) in [7, 11) is 0. The third-order valence-electron chi connectivity index (χ3n) is 3.06. The van der Waals surface area contributed by atoms with E-state index >= 15 is 0 Å². The number of carbonyl (C=O) groups excluding carboxylic acids is 1. The number of halogens is 1. The molecule has 0 unspecified atom stereocenters. The summed E-state index contributed by atoms with van der Waals surface area (Å²) in [5.41, 5.74) is 3.51. The minimum Gasteiger partial charge on any atom is -0.354 e. The second-order valence-electron chi connectivity index (χ2n) is 4.48. The Balaban J connectivity index is 2.29. The van der Waals surface area contributed by atoms with Crippen LogP contribution in [-0.4, -0.2) is 5.91 Å². The lowest BCUT2D eigenvalue weighted by atomic mass is 10.2. The number of carbonyl (C=O) groups is 1. The van der Waals surface area contributed by atoms with Gasteiger partial charge in [0.15, 0.2) is 0 Å². The van der Waals surface area contributed by atoms with Crippen LogP contribution in [-0.2, 0) is 4.79 Å². The van der Waals surface area contributed by atoms with Gasteiger partial charge in [-0.2, -0.15) is 0 Å². The molecule has 2 aromatic rings. The first-order valence-electron chi connectivity index (χ1n) is 6.53. The third kappa shape index (κ3) is 3.31. The molecule has 0 bridgehead atoms. The first-order chi connectivity index (χ1) is 9.61. The first-order valence-corrected chi connectivity index (χ1v) is 6.90. The first kappa shape index (κ1) is 14.4. The zero-order valence-electron chi connectivity index (χ0n) is 11.5. The monoisotopic (exact) mass is 288 g/mol. The van der Waals surface area contributed by atoms with E-state index < -0.39 is 0 Å². The van der Waals surface area contributed by atoms with Crippen molar-refractivity contribution in [1.29, 1.82) is 0 Å². The summed E-state index contributed by atoms with van der Waals surface area (Å²) in [5.74, 6) is -0.0120. The van der Waals surface area contributed by atoms with E-state index in [1.54, 1.807) is 0 Å². The van der Waals surface area contributed by atoms with Crippen molar-refractivity contribution in [1.82, 2.24) is 0 Å². The molecule has 0 aromatic heterocycles. The lowest BCUT2D eigenvalue weighted by Gasteiger charge is -2.15. The molecule has 0 aliphatic carbocycles. The van der Waals surface area contributed by atoms with Crippen molar-refractivity contribution in [3.05, 3.63) is 53.1 Å². The fourth-order valence-electron chi connectivity index (χ4n) is 1.83. The number of para-hydroxylation sites is 2. The molecule has 0 aliphatic rings. The normalized spacial score (nSPS) is 10.2. The predicted molar refractivity (Wildman–Crippen MR) is 84.8 cm³/mol. The van der Waals surface area contributed by atoms with Crippen LogP contribution in [0, 0.1) is 6.92 Å². The van der Waals surface area contributed by atoms with Crippen molar-refractivity contribution in [3.63, 3.8) is 0 Å². The van der Waals surface area contributed by atoms with E-state index in [0.29, 0.717) is 11.4 Å². The standard InChI is InChI=1S/C16H17ClN2O/c1-3-16(20)19-15-9-5-4-8-14(15)18-13-10-6-7-12(17)11(13)2/h4-10,18H,3H2,1-2H3,(H,19,20). The predicted octanol–water partition coefficient (Wildman–Crippen LogP) is 4.74. The Kier molecular flexibility index (Phi) is 4.64. The summed E-state index contributed by atoms with van der Waals surface area (Å²) >= 11 is 6.12. The van der Waals surface area contributed by atoms with E-state index in [-0.39, 0.29) is 5.91 Å². The molecule has 0 saturated carbocycles. The molecule has 4 heteroatoms. The van der Waals surface area contributed by atoms with E-state index in [1.165, 1.54) is 0 Å². The molecular weight excluding hydrogens is 272 g/mol. The SMILES string of the molecule is CCC(=O)Nc1ccccc1Nc1cccc(Cl)c1C. The minimum absolute atomic E-state index is 0.0120. The quantitative estimate of drug-likeness (QED) is 0.853. The molecule has 20 heavy (non-hydrogen) atoms. The molecule has 2 N–H and O–H groups in total. The van der Waals surface area contributed by atoms with Crippen LogP contribution in [0.1, 0.15) is 18.9 Å². The summed E-state index contributed by atoms with van der Waals surface area (Å²) in [6.45, 7) is 3.78. The van der Waals surface area contributed by atoms with Gasteiger partial charge in [0.25, 0.3) is 0 Å². The van der Waals surface area contributed by atoms with Crippen LogP contribution in [0.15, 0.2) is 42.5 Å². The highest BCUT2D eigenvalue weighted by molar-refractivity contribution is 6.31. The number of hydrogen-bond donors (Lipinski definition) is 2. The molecular formula is C16H17ClN2O. The topological polar surface area (TPSA) is 41.1 Å². The average molecular weight is 289 g/mol. The molecule has 0 aliphatic heterocycles. The molecule has 0 spiro atoms. The van der Waals surface area contributed by atoms with Gasteiger partial charge in [0, 0.05) is 17.1 Å². The largest absolute Gasteiger partial charge is 0.354 e. The smallest absolute Gasteiger partial charge is 0.224 e. The van der Waals surface area contributed by atoms with Crippen molar-refractivity contribution >= 4 is 34.6 Å². The van der Waals surface area contributed by atoms with Gasteiger partial charge in [-0.3, -0.25) is 4.79 Å². The van der Waals surface area contributed by atoms with Gasteiger partial charge in [-0.25, -0.2) is 0 Å². The molecule has 0 radical (unpaired) electrons. The minimum atomic E-state index is -0.0120. The molecule has 2 rings (SSSR count). The second-order valence-corrected chi connectivity index (χ2v) is 4.89. The van der Waals surface area contributed by atoms with Crippen molar-refractivity contribution < 1.29 is 4.79 Å². The summed E-state index contributed by atoms with van der Waals surface area (Å²) in [4.78, 5) is 11.5. The van der Waals surface area contributed by atoms with Gasteiger partial charge in [-0.15, -0.1) is 0 Å². The van der Waals surface area contributed by atoms with Crippen LogP contribution < -0.4 is 10.6 Å². The zero-order valence-corrected chi connectivity index (χ0v) is 12.3. The van der Waals surface area contributed by atoms with E-state index in [9.17, 15) is 4.79 Å². The molecule has 1 amide bonds. The summed E-state index contributed by atoms with van der Waals surface area (Å²) in [6.07, 6.45) is 0.449.